The lowest BCUT2D eigenvalue weighted by Crippen LogP contribution is -2.07. The van der Waals surface area contributed by atoms with Gasteiger partial charge in [-0.1, -0.05) is 24.8 Å². The number of hydrogen-bond donors (Lipinski definition) is 0. The van der Waals surface area contributed by atoms with E-state index in [-0.39, 0.29) is 5.97 Å². The molecule has 0 saturated carbocycles. The van der Waals surface area contributed by atoms with Crippen LogP contribution in [0.15, 0.2) is 36.0 Å². The largest absolute Gasteiger partial charge is 0.458 e. The van der Waals surface area contributed by atoms with E-state index >= 15 is 0 Å². The average molecular weight is 164 g/mol. The minimum absolute atomic E-state index is 0.233. The number of carbonyl (C=O) groups excluding carboxylic acids is 1. The molecule has 0 aromatic heterocycles. The molecule has 0 spiro atoms. The molecule has 0 aromatic rings. The van der Waals surface area contributed by atoms with Crippen LogP contribution in [-0.4, -0.2) is 12.6 Å². The minimum atomic E-state index is -0.233. The van der Waals surface area contributed by atoms with Crippen molar-refractivity contribution in [2.75, 3.05) is 6.61 Å². The van der Waals surface area contributed by atoms with Crippen LogP contribution in [0.3, 0.4) is 0 Å². The standard InChI is InChI=1S/C10H12O2/c1-8(2)7-12-10(11)9-5-3-4-6-9/h3-5H,1,6-7H2,2H3. The van der Waals surface area contributed by atoms with Gasteiger partial charge >= 0.3 is 5.97 Å². The summed E-state index contributed by atoms with van der Waals surface area (Å²) < 4.78 is 4.94. The molecule has 0 heterocycles. The summed E-state index contributed by atoms with van der Waals surface area (Å²) in [6.45, 7) is 5.78. The second-order valence-electron chi connectivity index (χ2n) is 2.86. The van der Waals surface area contributed by atoms with Gasteiger partial charge in [0.15, 0.2) is 0 Å². The smallest absolute Gasteiger partial charge is 0.334 e. The lowest BCUT2D eigenvalue weighted by atomic mass is 10.2. The first kappa shape index (κ1) is 8.78. The number of allylic oxidation sites excluding steroid dienone is 3. The van der Waals surface area contributed by atoms with Gasteiger partial charge in [0.05, 0.1) is 0 Å². The summed E-state index contributed by atoms with van der Waals surface area (Å²) in [5, 5.41) is 0. The fourth-order valence-electron chi connectivity index (χ4n) is 0.880. The Labute approximate surface area is 72.2 Å². The maximum Gasteiger partial charge on any atom is 0.334 e. The van der Waals surface area contributed by atoms with Gasteiger partial charge in [-0.15, -0.1) is 0 Å². The van der Waals surface area contributed by atoms with E-state index in [9.17, 15) is 4.79 Å². The Morgan fingerprint density at radius 1 is 1.75 bits per heavy atom. The van der Waals surface area contributed by atoms with E-state index in [1.807, 2.05) is 19.1 Å². The van der Waals surface area contributed by atoms with Gasteiger partial charge in [-0.3, -0.25) is 0 Å². The van der Waals surface area contributed by atoms with Gasteiger partial charge in [-0.2, -0.15) is 0 Å². The molecular formula is C10H12O2. The number of ether oxygens (including phenoxy) is 1. The number of hydrogen-bond acceptors (Lipinski definition) is 2. The third-order valence-corrected chi connectivity index (χ3v) is 1.48. The zero-order valence-electron chi connectivity index (χ0n) is 7.17. The van der Waals surface area contributed by atoms with Crippen molar-refractivity contribution < 1.29 is 9.53 Å². The van der Waals surface area contributed by atoms with Crippen LogP contribution in [0.1, 0.15) is 13.3 Å². The summed E-state index contributed by atoms with van der Waals surface area (Å²) in [7, 11) is 0. The van der Waals surface area contributed by atoms with E-state index in [2.05, 4.69) is 6.58 Å². The van der Waals surface area contributed by atoms with Crippen LogP contribution in [0.2, 0.25) is 0 Å². The van der Waals surface area contributed by atoms with Crippen LogP contribution in [0.5, 0.6) is 0 Å². The summed E-state index contributed by atoms with van der Waals surface area (Å²) >= 11 is 0. The minimum Gasteiger partial charge on any atom is -0.458 e. The Hall–Kier alpha value is -1.31. The molecule has 0 amide bonds. The van der Waals surface area contributed by atoms with Crippen molar-refractivity contribution in [3.63, 3.8) is 0 Å². The second-order valence-corrected chi connectivity index (χ2v) is 2.86. The fraction of sp³-hybridized carbons (Fsp3) is 0.300. The molecule has 1 aliphatic carbocycles. The first-order valence-electron chi connectivity index (χ1n) is 3.87. The molecule has 0 bridgehead atoms. The van der Waals surface area contributed by atoms with E-state index in [1.165, 1.54) is 0 Å². The van der Waals surface area contributed by atoms with Crippen LogP contribution >= 0.6 is 0 Å². The highest BCUT2D eigenvalue weighted by Crippen LogP contribution is 2.11. The molecule has 0 aromatic carbocycles. The van der Waals surface area contributed by atoms with Crippen molar-refractivity contribution in [3.8, 4) is 0 Å². The molecule has 0 fully saturated rings. The van der Waals surface area contributed by atoms with Gasteiger partial charge in [-0.25, -0.2) is 4.79 Å². The van der Waals surface area contributed by atoms with Gasteiger partial charge in [0.2, 0.25) is 0 Å². The van der Waals surface area contributed by atoms with E-state index in [0.717, 1.165) is 11.1 Å². The topological polar surface area (TPSA) is 26.3 Å². The Kier molecular flexibility index (Phi) is 2.86. The average Bonchev–Trinajstić information content (AvgIpc) is 2.51. The molecule has 0 N–H and O–H groups in total. The molecule has 64 valence electrons. The molecule has 2 heteroatoms. The molecule has 2 nitrogen and oxygen atoms in total. The zero-order chi connectivity index (χ0) is 8.97. The Balaban J connectivity index is 2.34. The van der Waals surface area contributed by atoms with Crippen molar-refractivity contribution in [1.82, 2.24) is 0 Å². The monoisotopic (exact) mass is 164 g/mol. The van der Waals surface area contributed by atoms with E-state index in [4.69, 9.17) is 4.74 Å². The van der Waals surface area contributed by atoms with Gasteiger partial charge in [0.1, 0.15) is 6.61 Å². The molecule has 0 aliphatic heterocycles. The highest BCUT2D eigenvalue weighted by molar-refractivity contribution is 5.89. The van der Waals surface area contributed by atoms with Crippen molar-refractivity contribution in [1.29, 1.82) is 0 Å². The Morgan fingerprint density at radius 2 is 2.50 bits per heavy atom. The molecule has 12 heavy (non-hydrogen) atoms. The van der Waals surface area contributed by atoms with Crippen molar-refractivity contribution in [2.24, 2.45) is 0 Å². The molecule has 1 rings (SSSR count). The molecule has 1 aliphatic rings. The zero-order valence-corrected chi connectivity index (χ0v) is 7.17. The van der Waals surface area contributed by atoms with Crippen LogP contribution in [0, 0.1) is 0 Å². The van der Waals surface area contributed by atoms with Crippen molar-refractivity contribution in [2.45, 2.75) is 13.3 Å². The van der Waals surface area contributed by atoms with E-state index in [0.29, 0.717) is 13.0 Å². The first-order chi connectivity index (χ1) is 5.70. The van der Waals surface area contributed by atoms with Gasteiger partial charge in [0.25, 0.3) is 0 Å². The van der Waals surface area contributed by atoms with Crippen LogP contribution in [-0.2, 0) is 9.53 Å². The summed E-state index contributed by atoms with van der Waals surface area (Å²) in [5.41, 5.74) is 1.58. The van der Waals surface area contributed by atoms with Gasteiger partial charge < -0.3 is 4.74 Å². The first-order valence-corrected chi connectivity index (χ1v) is 3.87. The highest BCUT2D eigenvalue weighted by Gasteiger charge is 2.10. The summed E-state index contributed by atoms with van der Waals surface area (Å²) in [6, 6.07) is 0. The number of rotatable bonds is 3. The lowest BCUT2D eigenvalue weighted by molar-refractivity contribution is -0.138. The van der Waals surface area contributed by atoms with Gasteiger partial charge in [-0.05, 0) is 18.9 Å². The third kappa shape index (κ3) is 2.38. The third-order valence-electron chi connectivity index (χ3n) is 1.48. The van der Waals surface area contributed by atoms with Gasteiger partial charge in [0, 0.05) is 5.57 Å². The Bertz CT molecular complexity index is 259. The van der Waals surface area contributed by atoms with E-state index < -0.39 is 0 Å². The summed E-state index contributed by atoms with van der Waals surface area (Å²) in [6.07, 6.45) is 6.25. The predicted molar refractivity (Wildman–Crippen MR) is 47.6 cm³/mol. The molecule has 0 unspecified atom stereocenters. The lowest BCUT2D eigenvalue weighted by Gasteiger charge is -2.03. The SMILES string of the molecule is C=C(C)COC(=O)C1=CC=CC1. The number of carbonyl (C=O) groups is 1. The predicted octanol–water partition coefficient (Wildman–Crippen LogP) is 1.99. The molecular weight excluding hydrogens is 152 g/mol. The summed E-state index contributed by atoms with van der Waals surface area (Å²) in [4.78, 5) is 11.2. The van der Waals surface area contributed by atoms with Crippen LogP contribution < -0.4 is 0 Å². The van der Waals surface area contributed by atoms with Crippen LogP contribution in [0.25, 0.3) is 0 Å². The van der Waals surface area contributed by atoms with Crippen molar-refractivity contribution in [3.05, 3.63) is 36.0 Å². The molecule has 0 atom stereocenters. The van der Waals surface area contributed by atoms with E-state index in [1.54, 1.807) is 6.08 Å². The highest BCUT2D eigenvalue weighted by atomic mass is 16.5. The van der Waals surface area contributed by atoms with Crippen molar-refractivity contribution >= 4 is 5.97 Å². The quantitative estimate of drug-likeness (QED) is 0.471. The normalized spacial score (nSPS) is 14.2. The maximum absolute atomic E-state index is 11.2. The molecule has 0 saturated heterocycles. The number of esters is 1. The summed E-state index contributed by atoms with van der Waals surface area (Å²) in [5.74, 6) is -0.233. The van der Waals surface area contributed by atoms with Crippen LogP contribution in [0.4, 0.5) is 0 Å². The fourth-order valence-corrected chi connectivity index (χ4v) is 0.880. The molecule has 0 radical (unpaired) electrons. The Morgan fingerprint density at radius 3 is 3.00 bits per heavy atom. The second kappa shape index (κ2) is 3.90. The maximum atomic E-state index is 11.2.